The first-order chi connectivity index (χ1) is 8.35. The smallest absolute Gasteiger partial charge is 0.0329 e. The topological polar surface area (TPSA) is 12.0 Å². The molecule has 0 radical (unpaired) electrons. The van der Waals surface area contributed by atoms with Crippen molar-refractivity contribution in [1.29, 1.82) is 0 Å². The first kappa shape index (κ1) is 12.2. The second-order valence-corrected chi connectivity index (χ2v) is 4.73. The van der Waals surface area contributed by atoms with E-state index in [0.717, 1.165) is 19.4 Å². The highest BCUT2D eigenvalue weighted by Gasteiger charge is 2.15. The molecule has 90 valence electrons. The highest BCUT2D eigenvalue weighted by atomic mass is 14.9. The van der Waals surface area contributed by atoms with Crippen LogP contribution in [0.25, 0.3) is 0 Å². The molecule has 1 aliphatic carbocycles. The molecule has 0 amide bonds. The lowest BCUT2D eigenvalue weighted by Crippen LogP contribution is -2.20. The van der Waals surface area contributed by atoms with Crippen molar-refractivity contribution in [2.45, 2.75) is 45.1 Å². The van der Waals surface area contributed by atoms with Gasteiger partial charge in [-0.15, -0.1) is 12.3 Å². The van der Waals surface area contributed by atoms with Gasteiger partial charge in [-0.25, -0.2) is 0 Å². The van der Waals surface area contributed by atoms with Crippen molar-refractivity contribution in [3.63, 3.8) is 0 Å². The van der Waals surface area contributed by atoms with Crippen LogP contribution in [-0.2, 0) is 12.8 Å². The maximum atomic E-state index is 5.36. The normalized spacial score (nSPS) is 15.3. The van der Waals surface area contributed by atoms with E-state index >= 15 is 0 Å². The van der Waals surface area contributed by atoms with Gasteiger partial charge in [-0.05, 0) is 48.9 Å². The molecule has 1 aliphatic rings. The van der Waals surface area contributed by atoms with Gasteiger partial charge in [0.15, 0.2) is 0 Å². The van der Waals surface area contributed by atoms with Crippen molar-refractivity contribution in [3.05, 3.63) is 34.9 Å². The summed E-state index contributed by atoms with van der Waals surface area (Å²) in [6.45, 7) is 3.14. The van der Waals surface area contributed by atoms with Crippen LogP contribution < -0.4 is 5.32 Å². The standard InChI is InChI=1S/C16H21N/c1-3-5-9-16(17-4-2)15-11-10-13-7-6-8-14(13)12-15/h1,10-12,16-17H,4-9H2,2H3. The predicted molar refractivity (Wildman–Crippen MR) is 73.0 cm³/mol. The third-order valence-electron chi connectivity index (χ3n) is 3.55. The second-order valence-electron chi connectivity index (χ2n) is 4.73. The molecular weight excluding hydrogens is 206 g/mol. The number of benzene rings is 1. The number of hydrogen-bond acceptors (Lipinski definition) is 1. The Balaban J connectivity index is 2.15. The monoisotopic (exact) mass is 227 g/mol. The summed E-state index contributed by atoms with van der Waals surface area (Å²) in [5.74, 6) is 2.74. The number of nitrogens with one attached hydrogen (secondary N) is 1. The van der Waals surface area contributed by atoms with Crippen LogP contribution in [0.4, 0.5) is 0 Å². The summed E-state index contributed by atoms with van der Waals surface area (Å²) < 4.78 is 0. The Kier molecular flexibility index (Phi) is 4.23. The van der Waals surface area contributed by atoms with Crippen LogP contribution in [0.5, 0.6) is 0 Å². The van der Waals surface area contributed by atoms with Gasteiger partial charge in [-0.1, -0.05) is 25.1 Å². The van der Waals surface area contributed by atoms with Gasteiger partial charge in [0, 0.05) is 12.5 Å². The van der Waals surface area contributed by atoms with Gasteiger partial charge in [0.2, 0.25) is 0 Å². The molecule has 0 heterocycles. The lowest BCUT2D eigenvalue weighted by atomic mass is 9.98. The number of fused-ring (bicyclic) bond motifs is 1. The fourth-order valence-corrected chi connectivity index (χ4v) is 2.67. The van der Waals surface area contributed by atoms with Crippen molar-refractivity contribution < 1.29 is 0 Å². The van der Waals surface area contributed by atoms with Crippen molar-refractivity contribution >= 4 is 0 Å². The van der Waals surface area contributed by atoms with Crippen LogP contribution in [0.2, 0.25) is 0 Å². The zero-order chi connectivity index (χ0) is 12.1. The Morgan fingerprint density at radius 2 is 2.18 bits per heavy atom. The Morgan fingerprint density at radius 1 is 1.35 bits per heavy atom. The summed E-state index contributed by atoms with van der Waals surface area (Å²) in [4.78, 5) is 0. The Hall–Kier alpha value is -1.26. The van der Waals surface area contributed by atoms with Crippen LogP contribution in [0.3, 0.4) is 0 Å². The van der Waals surface area contributed by atoms with Crippen LogP contribution in [0.1, 0.15) is 48.9 Å². The van der Waals surface area contributed by atoms with Crippen molar-refractivity contribution in [1.82, 2.24) is 5.32 Å². The van der Waals surface area contributed by atoms with E-state index in [1.54, 1.807) is 11.1 Å². The maximum Gasteiger partial charge on any atom is 0.0329 e. The van der Waals surface area contributed by atoms with Gasteiger partial charge in [0.25, 0.3) is 0 Å². The van der Waals surface area contributed by atoms with Crippen molar-refractivity contribution in [2.24, 2.45) is 0 Å². The molecule has 1 atom stereocenters. The zero-order valence-corrected chi connectivity index (χ0v) is 10.6. The molecule has 1 aromatic rings. The first-order valence-electron chi connectivity index (χ1n) is 6.63. The second kappa shape index (κ2) is 5.89. The summed E-state index contributed by atoms with van der Waals surface area (Å²) in [5.41, 5.74) is 4.50. The maximum absolute atomic E-state index is 5.36. The predicted octanol–water partition coefficient (Wildman–Crippen LogP) is 3.24. The van der Waals surface area contributed by atoms with Gasteiger partial charge >= 0.3 is 0 Å². The minimum Gasteiger partial charge on any atom is -0.310 e. The van der Waals surface area contributed by atoms with E-state index in [1.165, 1.54) is 24.8 Å². The Morgan fingerprint density at radius 3 is 2.94 bits per heavy atom. The summed E-state index contributed by atoms with van der Waals surface area (Å²) in [7, 11) is 0. The number of aryl methyl sites for hydroxylation is 2. The minimum absolute atomic E-state index is 0.418. The third kappa shape index (κ3) is 2.90. The number of rotatable bonds is 5. The van der Waals surface area contributed by atoms with E-state index in [0.29, 0.717) is 6.04 Å². The molecule has 1 heteroatoms. The van der Waals surface area contributed by atoms with Gasteiger partial charge in [-0.3, -0.25) is 0 Å². The average molecular weight is 227 g/mol. The molecule has 1 N–H and O–H groups in total. The summed E-state index contributed by atoms with van der Waals surface area (Å²) in [5, 5.41) is 3.53. The minimum atomic E-state index is 0.418. The van der Waals surface area contributed by atoms with E-state index < -0.39 is 0 Å². The van der Waals surface area contributed by atoms with Gasteiger partial charge in [-0.2, -0.15) is 0 Å². The molecule has 1 aromatic carbocycles. The molecule has 0 aliphatic heterocycles. The van der Waals surface area contributed by atoms with E-state index in [-0.39, 0.29) is 0 Å². The van der Waals surface area contributed by atoms with E-state index in [2.05, 4.69) is 36.4 Å². The Bertz CT molecular complexity index is 414. The molecule has 1 nitrogen and oxygen atoms in total. The largest absolute Gasteiger partial charge is 0.310 e. The average Bonchev–Trinajstić information content (AvgIpc) is 2.81. The molecule has 17 heavy (non-hydrogen) atoms. The summed E-state index contributed by atoms with van der Waals surface area (Å²) in [6, 6.07) is 7.37. The number of terminal acetylenes is 1. The van der Waals surface area contributed by atoms with Crippen LogP contribution in [0.15, 0.2) is 18.2 Å². The number of hydrogen-bond donors (Lipinski definition) is 1. The SMILES string of the molecule is C#CCCC(NCC)c1ccc2c(c1)CCC2. The van der Waals surface area contributed by atoms with Crippen LogP contribution >= 0.6 is 0 Å². The lowest BCUT2D eigenvalue weighted by molar-refractivity contribution is 0.522. The molecule has 0 saturated heterocycles. The quantitative estimate of drug-likeness (QED) is 0.761. The van der Waals surface area contributed by atoms with Crippen molar-refractivity contribution in [2.75, 3.05) is 6.54 Å². The fraction of sp³-hybridized carbons (Fsp3) is 0.500. The summed E-state index contributed by atoms with van der Waals surface area (Å²) >= 11 is 0. The first-order valence-corrected chi connectivity index (χ1v) is 6.63. The van der Waals surface area contributed by atoms with Gasteiger partial charge in [0.1, 0.15) is 0 Å². The van der Waals surface area contributed by atoms with E-state index in [9.17, 15) is 0 Å². The van der Waals surface area contributed by atoms with Crippen LogP contribution in [0, 0.1) is 12.3 Å². The molecule has 0 aromatic heterocycles. The lowest BCUT2D eigenvalue weighted by Gasteiger charge is -2.18. The van der Waals surface area contributed by atoms with E-state index in [1.807, 2.05) is 0 Å². The molecular formula is C16H21N. The Labute approximate surface area is 105 Å². The highest BCUT2D eigenvalue weighted by Crippen LogP contribution is 2.27. The van der Waals surface area contributed by atoms with Crippen molar-refractivity contribution in [3.8, 4) is 12.3 Å². The van der Waals surface area contributed by atoms with Gasteiger partial charge in [0.05, 0.1) is 0 Å². The molecule has 0 saturated carbocycles. The third-order valence-corrected chi connectivity index (χ3v) is 3.55. The molecule has 1 unspecified atom stereocenters. The molecule has 0 spiro atoms. The summed E-state index contributed by atoms with van der Waals surface area (Å²) in [6.07, 6.45) is 11.1. The van der Waals surface area contributed by atoms with E-state index in [4.69, 9.17) is 6.42 Å². The zero-order valence-electron chi connectivity index (χ0n) is 10.6. The molecule has 2 rings (SSSR count). The van der Waals surface area contributed by atoms with Crippen LogP contribution in [-0.4, -0.2) is 6.54 Å². The molecule has 0 fully saturated rings. The highest BCUT2D eigenvalue weighted by molar-refractivity contribution is 5.36. The fourth-order valence-electron chi connectivity index (χ4n) is 2.67. The van der Waals surface area contributed by atoms with Gasteiger partial charge < -0.3 is 5.32 Å². The molecule has 0 bridgehead atoms.